The van der Waals surface area contributed by atoms with Gasteiger partial charge in [-0.05, 0) is 39.0 Å². The molecule has 0 aromatic carbocycles. The topological polar surface area (TPSA) is 90.9 Å². The summed E-state index contributed by atoms with van der Waals surface area (Å²) in [5.41, 5.74) is -0.767. The van der Waals surface area contributed by atoms with Crippen LogP contribution < -0.4 is 5.32 Å². The fraction of sp³-hybridized carbons (Fsp3) is 0.769. The third kappa shape index (κ3) is 3.96. The van der Waals surface area contributed by atoms with Crippen LogP contribution in [0, 0.1) is 6.92 Å². The Labute approximate surface area is 123 Å². The molecular formula is C13H22N4O2S. The van der Waals surface area contributed by atoms with Crippen LogP contribution in [0.15, 0.2) is 5.16 Å². The molecule has 1 heterocycles. The first-order valence-corrected chi connectivity index (χ1v) is 8.07. The van der Waals surface area contributed by atoms with Gasteiger partial charge in [0.05, 0.1) is 0 Å². The molecule has 2 rings (SSSR count). The van der Waals surface area contributed by atoms with E-state index in [9.17, 15) is 9.90 Å². The van der Waals surface area contributed by atoms with Crippen molar-refractivity contribution in [3.63, 3.8) is 0 Å². The molecule has 7 heteroatoms. The summed E-state index contributed by atoms with van der Waals surface area (Å²) in [5.74, 6) is 0.903. The number of thioether (sulfide) groups is 1. The van der Waals surface area contributed by atoms with Gasteiger partial charge in [-0.25, -0.2) is 4.98 Å². The van der Waals surface area contributed by atoms with E-state index in [1.165, 1.54) is 0 Å². The van der Waals surface area contributed by atoms with E-state index in [4.69, 9.17) is 0 Å². The van der Waals surface area contributed by atoms with E-state index in [-0.39, 0.29) is 0 Å². The number of hydrogen-bond donors (Lipinski definition) is 3. The lowest BCUT2D eigenvalue weighted by Gasteiger charge is -2.29. The van der Waals surface area contributed by atoms with E-state index < -0.39 is 11.5 Å². The Hall–Kier alpha value is -1.08. The van der Waals surface area contributed by atoms with Crippen molar-refractivity contribution in [3.05, 3.63) is 5.82 Å². The predicted molar refractivity (Wildman–Crippen MR) is 77.9 cm³/mol. The first-order chi connectivity index (χ1) is 9.55. The summed E-state index contributed by atoms with van der Waals surface area (Å²) < 4.78 is 0. The van der Waals surface area contributed by atoms with Gasteiger partial charge >= 0.3 is 5.97 Å². The summed E-state index contributed by atoms with van der Waals surface area (Å²) in [5, 5.41) is 20.4. The number of aromatic amines is 1. The van der Waals surface area contributed by atoms with Crippen molar-refractivity contribution in [3.8, 4) is 0 Å². The molecule has 112 valence electrons. The first-order valence-electron chi connectivity index (χ1n) is 7.08. The molecule has 1 atom stereocenters. The van der Waals surface area contributed by atoms with Gasteiger partial charge in [-0.1, -0.05) is 18.7 Å². The van der Waals surface area contributed by atoms with Crippen molar-refractivity contribution in [2.75, 3.05) is 5.75 Å². The van der Waals surface area contributed by atoms with Crippen LogP contribution in [-0.4, -0.2) is 43.6 Å². The van der Waals surface area contributed by atoms with Gasteiger partial charge in [0.15, 0.2) is 0 Å². The van der Waals surface area contributed by atoms with E-state index in [0.29, 0.717) is 18.9 Å². The number of nitrogens with one attached hydrogen (secondary N) is 2. The highest BCUT2D eigenvalue weighted by Crippen LogP contribution is 2.28. The summed E-state index contributed by atoms with van der Waals surface area (Å²) in [6.07, 6.45) is 4.29. The lowest BCUT2D eigenvalue weighted by atomic mass is 9.90. The number of H-pyrrole nitrogens is 1. The molecule has 1 saturated carbocycles. The van der Waals surface area contributed by atoms with Crippen molar-refractivity contribution in [2.45, 2.75) is 62.7 Å². The maximum atomic E-state index is 11.6. The zero-order valence-corrected chi connectivity index (χ0v) is 12.8. The van der Waals surface area contributed by atoms with E-state index in [0.717, 1.165) is 36.0 Å². The number of rotatable bonds is 9. The summed E-state index contributed by atoms with van der Waals surface area (Å²) in [7, 11) is 0. The van der Waals surface area contributed by atoms with Crippen LogP contribution in [0.2, 0.25) is 0 Å². The third-order valence-corrected chi connectivity index (χ3v) is 4.56. The molecule has 0 amide bonds. The summed E-state index contributed by atoms with van der Waals surface area (Å²) in [6, 6.07) is 0.398. The van der Waals surface area contributed by atoms with Crippen molar-refractivity contribution < 1.29 is 9.90 Å². The highest BCUT2D eigenvalue weighted by atomic mass is 32.2. The molecule has 20 heavy (non-hydrogen) atoms. The minimum absolute atomic E-state index is 0.398. The Kier molecular flexibility index (Phi) is 5.04. The largest absolute Gasteiger partial charge is 0.480 e. The third-order valence-electron chi connectivity index (χ3n) is 3.63. The molecular weight excluding hydrogens is 276 g/mol. The molecule has 1 aliphatic carbocycles. The molecule has 1 aromatic rings. The van der Waals surface area contributed by atoms with Gasteiger partial charge < -0.3 is 5.11 Å². The zero-order chi connectivity index (χ0) is 14.6. The van der Waals surface area contributed by atoms with Crippen LogP contribution in [0.5, 0.6) is 0 Å². The van der Waals surface area contributed by atoms with Crippen LogP contribution >= 0.6 is 11.8 Å². The number of hydrogen-bond acceptors (Lipinski definition) is 5. The average molecular weight is 298 g/mol. The average Bonchev–Trinajstić information content (AvgIpc) is 3.13. The maximum Gasteiger partial charge on any atom is 0.323 e. The quantitative estimate of drug-likeness (QED) is 0.477. The highest BCUT2D eigenvalue weighted by molar-refractivity contribution is 7.99. The SMILES string of the molecule is CCC(CCCSc1n[nH]c(C)n1)(NC1CC1)C(=O)O. The minimum Gasteiger partial charge on any atom is -0.480 e. The Morgan fingerprint density at radius 1 is 1.60 bits per heavy atom. The predicted octanol–water partition coefficient (Wildman–Crippen LogP) is 1.97. The molecule has 1 aromatic heterocycles. The number of carbonyl (C=O) groups is 1. The lowest BCUT2D eigenvalue weighted by Crippen LogP contribution is -2.52. The number of nitrogens with zero attached hydrogens (tertiary/aromatic N) is 2. The van der Waals surface area contributed by atoms with Crippen molar-refractivity contribution in [1.29, 1.82) is 0 Å². The molecule has 0 radical (unpaired) electrons. The molecule has 0 aliphatic heterocycles. The van der Waals surface area contributed by atoms with Crippen molar-refractivity contribution in [1.82, 2.24) is 20.5 Å². The zero-order valence-electron chi connectivity index (χ0n) is 12.0. The van der Waals surface area contributed by atoms with Crippen LogP contribution in [-0.2, 0) is 4.79 Å². The molecule has 0 spiro atoms. The normalized spacial score (nSPS) is 17.9. The second kappa shape index (κ2) is 6.58. The van der Waals surface area contributed by atoms with Gasteiger partial charge in [0.2, 0.25) is 5.16 Å². The fourth-order valence-corrected chi connectivity index (χ4v) is 3.00. The molecule has 0 saturated heterocycles. The van der Waals surface area contributed by atoms with Gasteiger partial charge in [0.25, 0.3) is 0 Å². The van der Waals surface area contributed by atoms with Crippen LogP contribution in [0.3, 0.4) is 0 Å². The summed E-state index contributed by atoms with van der Waals surface area (Å²) >= 11 is 1.56. The van der Waals surface area contributed by atoms with E-state index in [1.807, 2.05) is 13.8 Å². The first kappa shape index (κ1) is 15.3. The second-order valence-corrected chi connectivity index (χ2v) is 6.38. The number of aryl methyl sites for hydroxylation is 1. The fourth-order valence-electron chi connectivity index (χ4n) is 2.21. The summed E-state index contributed by atoms with van der Waals surface area (Å²) in [4.78, 5) is 15.8. The Bertz CT molecular complexity index is 461. The second-order valence-electron chi connectivity index (χ2n) is 5.31. The number of carboxylic acid groups (broad SMARTS) is 1. The molecule has 1 aliphatic rings. The van der Waals surface area contributed by atoms with Gasteiger partial charge in [-0.3, -0.25) is 15.2 Å². The number of carboxylic acids is 1. The van der Waals surface area contributed by atoms with Gasteiger partial charge in [-0.15, -0.1) is 5.10 Å². The van der Waals surface area contributed by atoms with Crippen LogP contribution in [0.25, 0.3) is 0 Å². The minimum atomic E-state index is -0.767. The van der Waals surface area contributed by atoms with Crippen LogP contribution in [0.4, 0.5) is 0 Å². The number of aliphatic carboxylic acids is 1. The van der Waals surface area contributed by atoms with Gasteiger partial charge in [0, 0.05) is 11.8 Å². The molecule has 3 N–H and O–H groups in total. The molecule has 1 fully saturated rings. The Morgan fingerprint density at radius 3 is 2.85 bits per heavy atom. The van der Waals surface area contributed by atoms with E-state index in [2.05, 4.69) is 20.5 Å². The van der Waals surface area contributed by atoms with Crippen LogP contribution in [0.1, 0.15) is 44.9 Å². The van der Waals surface area contributed by atoms with E-state index >= 15 is 0 Å². The Balaban J connectivity index is 1.80. The smallest absolute Gasteiger partial charge is 0.323 e. The molecule has 1 unspecified atom stereocenters. The van der Waals surface area contributed by atoms with Gasteiger partial charge in [-0.2, -0.15) is 0 Å². The lowest BCUT2D eigenvalue weighted by molar-refractivity contribution is -0.145. The van der Waals surface area contributed by atoms with Crippen molar-refractivity contribution >= 4 is 17.7 Å². The number of aromatic nitrogens is 3. The molecule has 0 bridgehead atoms. The monoisotopic (exact) mass is 298 g/mol. The van der Waals surface area contributed by atoms with Crippen molar-refractivity contribution in [2.24, 2.45) is 0 Å². The molecule has 6 nitrogen and oxygen atoms in total. The summed E-state index contributed by atoms with van der Waals surface area (Å²) in [6.45, 7) is 3.80. The highest BCUT2D eigenvalue weighted by Gasteiger charge is 2.40. The van der Waals surface area contributed by atoms with Gasteiger partial charge in [0.1, 0.15) is 11.4 Å². The van der Waals surface area contributed by atoms with E-state index in [1.54, 1.807) is 11.8 Å². The standard InChI is InChI=1S/C13H22N4O2S/c1-3-13(11(18)19,15-10-5-6-10)7-4-8-20-12-14-9(2)16-17-12/h10,15H,3-8H2,1-2H3,(H,18,19)(H,14,16,17). The maximum absolute atomic E-state index is 11.6. The Morgan fingerprint density at radius 2 is 2.35 bits per heavy atom.